The number of amides is 1. The highest BCUT2D eigenvalue weighted by Gasteiger charge is 2.42. The van der Waals surface area contributed by atoms with E-state index in [0.717, 1.165) is 43.6 Å². The summed E-state index contributed by atoms with van der Waals surface area (Å²) in [4.78, 5) is 14.2. The third-order valence-electron chi connectivity index (χ3n) is 7.45. The molecule has 1 saturated heterocycles. The minimum atomic E-state index is -2.49. The molecule has 0 bridgehead atoms. The van der Waals surface area contributed by atoms with Gasteiger partial charge in [-0.15, -0.1) is 0 Å². The number of anilines is 1. The Hall–Kier alpha value is -2.67. The SMILES string of the molecule is O=C(OCC1CCC2C(C1)c1cc(C(F)F)ccc1N[C@H]2c1ccccc1)N1CCNCC1. The topological polar surface area (TPSA) is 53.6 Å². The zero-order chi connectivity index (χ0) is 22.8. The number of nitrogens with zero attached hydrogens (tertiary/aromatic N) is 1. The molecule has 2 N–H and O–H groups in total. The molecular formula is C26H31F2N3O2. The summed E-state index contributed by atoms with van der Waals surface area (Å²) in [5.74, 6) is 0.699. The lowest BCUT2D eigenvalue weighted by atomic mass is 9.65. The maximum Gasteiger partial charge on any atom is 0.409 e. The molecule has 1 amide bonds. The minimum Gasteiger partial charge on any atom is -0.449 e. The van der Waals surface area contributed by atoms with Gasteiger partial charge in [-0.05, 0) is 60.3 Å². The van der Waals surface area contributed by atoms with Gasteiger partial charge in [0.25, 0.3) is 6.43 Å². The Kier molecular flexibility index (Phi) is 6.49. The average molecular weight is 456 g/mol. The number of halogens is 2. The first-order valence-electron chi connectivity index (χ1n) is 12.0. The number of alkyl halides is 2. The molecule has 3 unspecified atom stereocenters. The van der Waals surface area contributed by atoms with Gasteiger partial charge in [0.2, 0.25) is 0 Å². The van der Waals surface area contributed by atoms with Gasteiger partial charge in [0.1, 0.15) is 0 Å². The van der Waals surface area contributed by atoms with Crippen molar-refractivity contribution in [1.82, 2.24) is 10.2 Å². The van der Waals surface area contributed by atoms with E-state index < -0.39 is 6.43 Å². The summed E-state index contributed by atoms with van der Waals surface area (Å²) in [6, 6.07) is 15.5. The molecule has 3 aliphatic rings. The van der Waals surface area contributed by atoms with E-state index in [-0.39, 0.29) is 29.5 Å². The number of hydrogen-bond donors (Lipinski definition) is 2. The van der Waals surface area contributed by atoms with E-state index in [4.69, 9.17) is 4.74 Å². The van der Waals surface area contributed by atoms with Crippen LogP contribution in [-0.2, 0) is 4.74 Å². The second kappa shape index (κ2) is 9.67. The first-order valence-corrected chi connectivity index (χ1v) is 12.0. The fourth-order valence-corrected chi connectivity index (χ4v) is 5.74. The van der Waals surface area contributed by atoms with Crippen molar-refractivity contribution >= 4 is 11.8 Å². The van der Waals surface area contributed by atoms with Gasteiger partial charge in [0, 0.05) is 37.4 Å². The predicted octanol–water partition coefficient (Wildman–Crippen LogP) is 5.33. The molecule has 2 aromatic carbocycles. The van der Waals surface area contributed by atoms with Gasteiger partial charge in [0.05, 0.1) is 12.6 Å². The Bertz CT molecular complexity index is 965. The quantitative estimate of drug-likeness (QED) is 0.654. The fourth-order valence-electron chi connectivity index (χ4n) is 5.74. The molecule has 2 heterocycles. The summed E-state index contributed by atoms with van der Waals surface area (Å²) in [5, 5.41) is 6.88. The highest BCUT2D eigenvalue weighted by Crippen LogP contribution is 2.53. The molecule has 5 nitrogen and oxygen atoms in total. The molecule has 176 valence electrons. The standard InChI is InChI=1S/C26H31F2N3O2/c27-25(28)19-7-9-23-22(15-19)21-14-17(16-33-26(32)31-12-10-29-11-13-31)6-8-20(21)24(30-23)18-4-2-1-3-5-18/h1-5,7,9,15,17,20-21,24-25,29-30H,6,8,10-14,16H2/t17?,20?,21?,24-/m0/s1. The van der Waals surface area contributed by atoms with Crippen molar-refractivity contribution in [2.45, 2.75) is 37.6 Å². The van der Waals surface area contributed by atoms with Crippen molar-refractivity contribution in [3.8, 4) is 0 Å². The van der Waals surface area contributed by atoms with Crippen LogP contribution in [0.25, 0.3) is 0 Å². The first kappa shape index (κ1) is 22.1. The largest absolute Gasteiger partial charge is 0.449 e. The van der Waals surface area contributed by atoms with Crippen LogP contribution in [0.5, 0.6) is 0 Å². The number of rotatable bonds is 4. The van der Waals surface area contributed by atoms with Crippen LogP contribution in [0, 0.1) is 11.8 Å². The van der Waals surface area contributed by atoms with Gasteiger partial charge in [0.15, 0.2) is 0 Å². The fraction of sp³-hybridized carbons (Fsp3) is 0.500. The minimum absolute atomic E-state index is 0.0692. The third kappa shape index (κ3) is 4.69. The lowest BCUT2D eigenvalue weighted by molar-refractivity contribution is 0.0673. The van der Waals surface area contributed by atoms with Gasteiger partial charge in [-0.1, -0.05) is 36.4 Å². The first-order chi connectivity index (χ1) is 16.1. The van der Waals surface area contributed by atoms with Crippen molar-refractivity contribution in [2.24, 2.45) is 11.8 Å². The van der Waals surface area contributed by atoms with E-state index in [1.165, 1.54) is 11.6 Å². The smallest absolute Gasteiger partial charge is 0.409 e. The van der Waals surface area contributed by atoms with Gasteiger partial charge >= 0.3 is 6.09 Å². The van der Waals surface area contributed by atoms with Crippen LogP contribution in [-0.4, -0.2) is 43.8 Å². The van der Waals surface area contributed by atoms with Crippen LogP contribution in [0.2, 0.25) is 0 Å². The molecule has 0 aromatic heterocycles. The zero-order valence-corrected chi connectivity index (χ0v) is 18.7. The maximum absolute atomic E-state index is 13.5. The second-order valence-electron chi connectivity index (χ2n) is 9.44. The van der Waals surface area contributed by atoms with Crippen molar-refractivity contribution in [2.75, 3.05) is 38.1 Å². The number of piperazine rings is 1. The highest BCUT2D eigenvalue weighted by atomic mass is 19.3. The molecule has 1 saturated carbocycles. The molecule has 0 radical (unpaired) electrons. The molecule has 1 aliphatic carbocycles. The van der Waals surface area contributed by atoms with E-state index in [0.29, 0.717) is 25.6 Å². The van der Waals surface area contributed by atoms with Gasteiger partial charge < -0.3 is 20.3 Å². The number of ether oxygens (including phenoxy) is 1. The van der Waals surface area contributed by atoms with E-state index in [2.05, 4.69) is 22.8 Å². The number of carbonyl (C=O) groups excluding carboxylic acids is 1. The zero-order valence-electron chi connectivity index (χ0n) is 18.7. The van der Waals surface area contributed by atoms with Gasteiger partial charge in [-0.25, -0.2) is 13.6 Å². The number of nitrogens with one attached hydrogen (secondary N) is 2. The van der Waals surface area contributed by atoms with Gasteiger partial charge in [-0.2, -0.15) is 0 Å². The summed E-state index contributed by atoms with van der Waals surface area (Å²) >= 11 is 0. The Morgan fingerprint density at radius 3 is 2.64 bits per heavy atom. The third-order valence-corrected chi connectivity index (χ3v) is 7.45. The van der Waals surface area contributed by atoms with Crippen LogP contribution in [0.1, 0.15) is 54.3 Å². The van der Waals surface area contributed by atoms with Crippen molar-refractivity contribution < 1.29 is 18.3 Å². The van der Waals surface area contributed by atoms with Crippen LogP contribution in [0.4, 0.5) is 19.3 Å². The Balaban J connectivity index is 1.35. The average Bonchev–Trinajstić information content (AvgIpc) is 2.87. The molecular weight excluding hydrogens is 424 g/mol. The Labute approximate surface area is 193 Å². The number of hydrogen-bond acceptors (Lipinski definition) is 4. The van der Waals surface area contributed by atoms with Crippen LogP contribution in [0.3, 0.4) is 0 Å². The van der Waals surface area contributed by atoms with E-state index in [1.54, 1.807) is 17.0 Å². The van der Waals surface area contributed by atoms with Crippen LogP contribution in [0.15, 0.2) is 48.5 Å². The van der Waals surface area contributed by atoms with Crippen molar-refractivity contribution in [1.29, 1.82) is 0 Å². The molecule has 7 heteroatoms. The van der Waals surface area contributed by atoms with Crippen LogP contribution >= 0.6 is 0 Å². The molecule has 2 aliphatic heterocycles. The summed E-state index contributed by atoms with van der Waals surface area (Å²) in [5.41, 5.74) is 3.20. The van der Waals surface area contributed by atoms with Crippen molar-refractivity contribution in [3.05, 3.63) is 65.2 Å². The molecule has 5 rings (SSSR count). The lowest BCUT2D eigenvalue weighted by Crippen LogP contribution is -2.47. The maximum atomic E-state index is 13.5. The normalized spacial score (nSPS) is 26.8. The molecule has 33 heavy (non-hydrogen) atoms. The Morgan fingerprint density at radius 2 is 1.88 bits per heavy atom. The summed E-state index contributed by atoms with van der Waals surface area (Å²) in [6.07, 6.45) is 0.0343. The number of fused-ring (bicyclic) bond motifs is 3. The molecule has 2 fully saturated rings. The lowest BCUT2D eigenvalue weighted by Gasteiger charge is -2.46. The summed E-state index contributed by atoms with van der Waals surface area (Å²) in [6.45, 7) is 3.31. The highest BCUT2D eigenvalue weighted by molar-refractivity contribution is 5.67. The monoisotopic (exact) mass is 455 g/mol. The number of carbonyl (C=O) groups is 1. The summed E-state index contributed by atoms with van der Waals surface area (Å²) < 4.78 is 32.6. The molecule has 0 spiro atoms. The Morgan fingerprint density at radius 1 is 1.09 bits per heavy atom. The molecule has 2 aromatic rings. The molecule has 4 atom stereocenters. The predicted molar refractivity (Wildman–Crippen MR) is 124 cm³/mol. The van der Waals surface area contributed by atoms with E-state index >= 15 is 0 Å². The number of benzene rings is 2. The second-order valence-corrected chi connectivity index (χ2v) is 9.44. The van der Waals surface area contributed by atoms with E-state index in [9.17, 15) is 13.6 Å². The van der Waals surface area contributed by atoms with Gasteiger partial charge in [-0.3, -0.25) is 0 Å². The van der Waals surface area contributed by atoms with Crippen LogP contribution < -0.4 is 10.6 Å². The summed E-state index contributed by atoms with van der Waals surface area (Å²) in [7, 11) is 0. The van der Waals surface area contributed by atoms with E-state index in [1.807, 2.05) is 18.2 Å². The van der Waals surface area contributed by atoms with Crippen molar-refractivity contribution in [3.63, 3.8) is 0 Å².